The lowest BCUT2D eigenvalue weighted by atomic mass is 10.2. The highest BCUT2D eigenvalue weighted by molar-refractivity contribution is 9.10. The van der Waals surface area contributed by atoms with Crippen molar-refractivity contribution < 1.29 is 0 Å². The molecule has 0 amide bonds. The normalized spacial score (nSPS) is 44.7. The summed E-state index contributed by atoms with van der Waals surface area (Å²) in [4.78, 5) is 0. The monoisotopic (exact) mass is 250 g/mol. The first-order chi connectivity index (χ1) is 3.75. The molecule has 0 aromatic heterocycles. The van der Waals surface area contributed by atoms with E-state index in [0.29, 0.717) is 0 Å². The molecular weight excluding hydrogens is 246 g/mol. The number of halogens is 4. The van der Waals surface area contributed by atoms with Crippen molar-refractivity contribution in [3.05, 3.63) is 0 Å². The predicted molar refractivity (Wildman–Crippen MR) is 45.7 cm³/mol. The summed E-state index contributed by atoms with van der Waals surface area (Å²) in [7, 11) is 0. The zero-order valence-corrected chi connectivity index (χ0v) is 8.87. The van der Waals surface area contributed by atoms with Crippen LogP contribution < -0.4 is 0 Å². The molecule has 0 spiro atoms. The second kappa shape index (κ2) is 1.74. The highest BCUT2D eigenvalue weighted by Gasteiger charge is 2.81. The van der Waals surface area contributed by atoms with E-state index in [-0.39, 0.29) is 5.41 Å². The molecule has 0 bridgehead atoms. The molecule has 1 fully saturated rings. The average Bonchev–Trinajstić information content (AvgIpc) is 1.84. The van der Waals surface area contributed by atoms with Gasteiger partial charge in [-0.1, -0.05) is 53.0 Å². The van der Waals surface area contributed by atoms with E-state index in [1.807, 2.05) is 13.8 Å². The molecule has 0 radical (unpaired) electrons. The van der Waals surface area contributed by atoms with Gasteiger partial charge in [0.1, 0.15) is 3.78 Å². The van der Waals surface area contributed by atoms with Gasteiger partial charge in [-0.15, -0.1) is 11.6 Å². The van der Waals surface area contributed by atoms with Crippen molar-refractivity contribution in [1.82, 2.24) is 0 Å². The summed E-state index contributed by atoms with van der Waals surface area (Å²) in [6, 6.07) is 0. The minimum atomic E-state index is -0.832. The first-order valence-electron chi connectivity index (χ1n) is 2.51. The molecule has 1 unspecified atom stereocenters. The van der Waals surface area contributed by atoms with Crippen molar-refractivity contribution in [3.63, 3.8) is 0 Å². The summed E-state index contributed by atoms with van der Waals surface area (Å²) in [6.07, 6.45) is 0. The van der Waals surface area contributed by atoms with Gasteiger partial charge >= 0.3 is 0 Å². The third kappa shape index (κ3) is 0.727. The fourth-order valence-electron chi connectivity index (χ4n) is 0.669. The van der Waals surface area contributed by atoms with Crippen LogP contribution in [0, 0.1) is 5.41 Å². The lowest BCUT2D eigenvalue weighted by Crippen LogP contribution is -1.96. The second-order valence-electron chi connectivity index (χ2n) is 2.77. The van der Waals surface area contributed by atoms with E-state index in [9.17, 15) is 0 Å². The van der Waals surface area contributed by atoms with E-state index < -0.39 is 8.12 Å². The van der Waals surface area contributed by atoms with Crippen LogP contribution in [0.1, 0.15) is 13.8 Å². The van der Waals surface area contributed by atoms with Gasteiger partial charge in [0, 0.05) is 5.41 Å². The van der Waals surface area contributed by atoms with Crippen molar-refractivity contribution in [1.29, 1.82) is 0 Å². The van der Waals surface area contributed by atoms with Gasteiger partial charge in [0.2, 0.25) is 0 Å². The smallest absolute Gasteiger partial charge is 0.103 e. The van der Waals surface area contributed by atoms with Crippen LogP contribution in [0.5, 0.6) is 0 Å². The molecule has 0 heterocycles. The van der Waals surface area contributed by atoms with Crippen LogP contribution in [0.4, 0.5) is 0 Å². The Labute approximate surface area is 78.0 Å². The predicted octanol–water partition coefficient (Wildman–Crippen LogP) is 3.53. The van der Waals surface area contributed by atoms with Crippen LogP contribution in [0.25, 0.3) is 0 Å². The van der Waals surface area contributed by atoms with Gasteiger partial charge in [0.05, 0.1) is 0 Å². The third-order valence-electron chi connectivity index (χ3n) is 1.90. The van der Waals surface area contributed by atoms with Crippen LogP contribution in [0.15, 0.2) is 0 Å². The van der Waals surface area contributed by atoms with Crippen LogP contribution in [0.3, 0.4) is 0 Å². The fourth-order valence-corrected chi connectivity index (χ4v) is 2.68. The van der Waals surface area contributed by atoms with Gasteiger partial charge in [-0.05, 0) is 0 Å². The van der Waals surface area contributed by atoms with E-state index >= 15 is 0 Å². The lowest BCUT2D eigenvalue weighted by molar-refractivity contribution is 0.636. The van der Waals surface area contributed by atoms with Gasteiger partial charge in [-0.2, -0.15) is 0 Å². The summed E-state index contributed by atoms with van der Waals surface area (Å²) in [5.41, 5.74) is -0.245. The Hall–Kier alpha value is 1.35. The molecule has 1 atom stereocenters. The maximum atomic E-state index is 5.88. The van der Waals surface area contributed by atoms with Gasteiger partial charge in [-0.25, -0.2) is 0 Å². The van der Waals surface area contributed by atoms with Gasteiger partial charge in [0.15, 0.2) is 4.33 Å². The van der Waals surface area contributed by atoms with Gasteiger partial charge in [-0.3, -0.25) is 0 Å². The van der Waals surface area contributed by atoms with Gasteiger partial charge < -0.3 is 0 Å². The molecule has 0 aromatic carbocycles. The Kier molecular flexibility index (Phi) is 1.63. The molecule has 0 aliphatic heterocycles. The van der Waals surface area contributed by atoms with Crippen LogP contribution in [0.2, 0.25) is 0 Å². The van der Waals surface area contributed by atoms with Crippen molar-refractivity contribution >= 4 is 50.7 Å². The van der Waals surface area contributed by atoms with Crippen molar-refractivity contribution in [2.75, 3.05) is 0 Å². The average molecular weight is 252 g/mol. The summed E-state index contributed by atoms with van der Waals surface area (Å²) in [6.45, 7) is 3.82. The third-order valence-corrected chi connectivity index (χ3v) is 6.41. The molecule has 1 aliphatic rings. The molecule has 9 heavy (non-hydrogen) atoms. The quantitative estimate of drug-likeness (QED) is 0.579. The van der Waals surface area contributed by atoms with Gasteiger partial charge in [0.25, 0.3) is 0 Å². The number of alkyl halides is 4. The topological polar surface area (TPSA) is 0 Å². The Morgan fingerprint density at radius 2 is 1.22 bits per heavy atom. The minimum absolute atomic E-state index is 0.245. The fraction of sp³-hybridized carbons (Fsp3) is 1.00. The van der Waals surface area contributed by atoms with Crippen LogP contribution in [-0.4, -0.2) is 8.12 Å². The molecule has 1 saturated carbocycles. The maximum absolute atomic E-state index is 5.88. The first kappa shape index (κ1) is 8.45. The highest BCUT2D eigenvalue weighted by Crippen LogP contribution is 2.77. The molecule has 54 valence electrons. The summed E-state index contributed by atoms with van der Waals surface area (Å²) in [5.74, 6) is 0. The first-order valence-corrected chi connectivity index (χ1v) is 4.43. The summed E-state index contributed by atoms with van der Waals surface area (Å²) < 4.78 is -1.47. The van der Waals surface area contributed by atoms with E-state index in [4.69, 9.17) is 34.8 Å². The van der Waals surface area contributed by atoms with Crippen molar-refractivity contribution in [2.24, 2.45) is 5.41 Å². The molecule has 0 saturated heterocycles. The van der Waals surface area contributed by atoms with E-state index in [0.717, 1.165) is 0 Å². The molecule has 1 rings (SSSR count). The number of hydrogen-bond acceptors (Lipinski definition) is 0. The maximum Gasteiger partial charge on any atom is 0.155 e. The lowest BCUT2D eigenvalue weighted by Gasteiger charge is -1.98. The Balaban J connectivity index is 2.91. The van der Waals surface area contributed by atoms with Crippen LogP contribution >= 0.6 is 50.7 Å². The molecule has 0 nitrogen and oxygen atoms in total. The molecule has 1 aliphatic carbocycles. The molecule has 0 aromatic rings. The molecular formula is C5H6BrCl3. The van der Waals surface area contributed by atoms with E-state index in [1.165, 1.54) is 0 Å². The SMILES string of the molecule is CC1(C)C(Cl)(Cl)C1(Cl)Br. The zero-order valence-electron chi connectivity index (χ0n) is 5.01. The Bertz CT molecular complexity index is 110. The Morgan fingerprint density at radius 3 is 1.22 bits per heavy atom. The Morgan fingerprint density at radius 1 is 1.11 bits per heavy atom. The second-order valence-corrected chi connectivity index (χ2v) is 6.31. The van der Waals surface area contributed by atoms with Crippen molar-refractivity contribution in [3.8, 4) is 0 Å². The standard InChI is InChI=1S/C5H6BrCl3/c1-3(2)4(6,7)5(3,8)9/h1-2H3. The van der Waals surface area contributed by atoms with Crippen molar-refractivity contribution in [2.45, 2.75) is 22.0 Å². The molecule has 0 N–H and O–H groups in total. The molecule has 4 heteroatoms. The van der Waals surface area contributed by atoms with Crippen LogP contribution in [-0.2, 0) is 0 Å². The zero-order chi connectivity index (χ0) is 7.50. The number of hydrogen-bond donors (Lipinski definition) is 0. The highest BCUT2D eigenvalue weighted by atomic mass is 79.9. The minimum Gasteiger partial charge on any atom is -0.103 e. The summed E-state index contributed by atoms with van der Waals surface area (Å²) >= 11 is 20.7. The summed E-state index contributed by atoms with van der Waals surface area (Å²) in [5, 5.41) is 0. The number of rotatable bonds is 0. The van der Waals surface area contributed by atoms with E-state index in [1.54, 1.807) is 0 Å². The van der Waals surface area contributed by atoms with E-state index in [2.05, 4.69) is 15.9 Å². The largest absolute Gasteiger partial charge is 0.155 e.